The van der Waals surface area contributed by atoms with Crippen LogP contribution in [0.2, 0.25) is 0 Å². The molecule has 0 aliphatic rings. The van der Waals surface area contributed by atoms with Crippen LogP contribution in [0.15, 0.2) is 84.9 Å². The minimum absolute atomic E-state index is 0.0686. The molecule has 0 aliphatic carbocycles. The lowest BCUT2D eigenvalue weighted by molar-refractivity contribution is 0.0730. The molecule has 1 amide bonds. The van der Waals surface area contributed by atoms with Gasteiger partial charge in [0.1, 0.15) is 5.75 Å². The van der Waals surface area contributed by atoms with E-state index in [0.29, 0.717) is 18.7 Å². The van der Waals surface area contributed by atoms with Crippen molar-refractivity contribution >= 4 is 16.0 Å². The molecule has 0 radical (unpaired) electrons. The third-order valence-corrected chi connectivity index (χ3v) is 4.56. The highest BCUT2D eigenvalue weighted by molar-refractivity contribution is 7.86. The largest absolute Gasteiger partial charge is 0.383 e. The highest BCUT2D eigenvalue weighted by Crippen LogP contribution is 2.18. The summed E-state index contributed by atoms with van der Waals surface area (Å²) in [5.41, 5.74) is 2.53. The second-order valence-corrected chi connectivity index (χ2v) is 8.02. The predicted molar refractivity (Wildman–Crippen MR) is 108 cm³/mol. The van der Waals surface area contributed by atoms with Crippen molar-refractivity contribution in [1.29, 1.82) is 0 Å². The van der Waals surface area contributed by atoms with E-state index >= 15 is 0 Å². The normalized spacial score (nSPS) is 11.0. The van der Waals surface area contributed by atoms with Gasteiger partial charge in [-0.2, -0.15) is 8.42 Å². The summed E-state index contributed by atoms with van der Waals surface area (Å²) in [5, 5.41) is 0. The van der Waals surface area contributed by atoms with Gasteiger partial charge in [-0.05, 0) is 35.4 Å². The molecule has 0 heterocycles. The molecule has 0 saturated heterocycles. The van der Waals surface area contributed by atoms with E-state index in [2.05, 4.69) is 0 Å². The highest BCUT2D eigenvalue weighted by atomic mass is 32.2. The van der Waals surface area contributed by atoms with Crippen molar-refractivity contribution in [3.8, 4) is 5.75 Å². The number of nitrogens with zero attached hydrogens (tertiary/aromatic N) is 1. The first-order valence-corrected chi connectivity index (χ1v) is 10.6. The third kappa shape index (κ3) is 5.69. The molecule has 3 rings (SSSR count). The van der Waals surface area contributed by atoms with E-state index in [-0.39, 0.29) is 11.7 Å². The number of benzene rings is 3. The van der Waals surface area contributed by atoms with Crippen LogP contribution in [0.25, 0.3) is 0 Å². The van der Waals surface area contributed by atoms with Crippen LogP contribution in [-0.2, 0) is 23.2 Å². The Balaban J connectivity index is 1.81. The molecule has 0 aromatic heterocycles. The SMILES string of the molecule is CS(=O)(=O)Oc1ccc(CN(Cc2ccccc2)C(=O)c2ccccc2)cc1. The van der Waals surface area contributed by atoms with Gasteiger partial charge in [0.15, 0.2) is 0 Å². The molecular weight excluding hydrogens is 374 g/mol. The van der Waals surface area contributed by atoms with Crippen molar-refractivity contribution in [2.24, 2.45) is 0 Å². The lowest BCUT2D eigenvalue weighted by Crippen LogP contribution is -2.30. The fourth-order valence-electron chi connectivity index (χ4n) is 2.81. The summed E-state index contributed by atoms with van der Waals surface area (Å²) in [5.74, 6) is 0.177. The summed E-state index contributed by atoms with van der Waals surface area (Å²) in [4.78, 5) is 14.8. The van der Waals surface area contributed by atoms with Crippen LogP contribution in [0.3, 0.4) is 0 Å². The van der Waals surface area contributed by atoms with E-state index in [1.54, 1.807) is 41.3 Å². The first kappa shape index (κ1) is 19.6. The molecule has 0 atom stereocenters. The van der Waals surface area contributed by atoms with Crippen LogP contribution < -0.4 is 4.18 Å². The predicted octanol–water partition coefficient (Wildman–Crippen LogP) is 3.87. The zero-order chi connectivity index (χ0) is 20.0. The van der Waals surface area contributed by atoms with Crippen LogP contribution in [0, 0.1) is 0 Å². The number of carbonyl (C=O) groups is 1. The number of carbonyl (C=O) groups excluding carboxylic acids is 1. The van der Waals surface area contributed by atoms with Crippen molar-refractivity contribution in [1.82, 2.24) is 4.90 Å². The Morgan fingerprint density at radius 2 is 1.29 bits per heavy atom. The summed E-state index contributed by atoms with van der Waals surface area (Å²) in [6.45, 7) is 0.859. The van der Waals surface area contributed by atoms with Crippen molar-refractivity contribution in [3.05, 3.63) is 102 Å². The Labute approximate surface area is 165 Å². The van der Waals surface area contributed by atoms with E-state index in [4.69, 9.17) is 4.18 Å². The van der Waals surface area contributed by atoms with Crippen molar-refractivity contribution < 1.29 is 17.4 Å². The molecule has 0 saturated carbocycles. The minimum atomic E-state index is -3.57. The highest BCUT2D eigenvalue weighted by Gasteiger charge is 2.17. The van der Waals surface area contributed by atoms with Gasteiger partial charge in [-0.15, -0.1) is 0 Å². The van der Waals surface area contributed by atoms with Gasteiger partial charge in [0.25, 0.3) is 5.91 Å². The Morgan fingerprint density at radius 3 is 1.82 bits per heavy atom. The van der Waals surface area contributed by atoms with E-state index in [9.17, 15) is 13.2 Å². The molecule has 0 unspecified atom stereocenters. The van der Waals surface area contributed by atoms with Crippen LogP contribution in [0.1, 0.15) is 21.5 Å². The van der Waals surface area contributed by atoms with E-state index in [0.717, 1.165) is 17.4 Å². The summed E-state index contributed by atoms with van der Waals surface area (Å²) in [7, 11) is -3.57. The number of rotatable bonds is 7. The first-order valence-electron chi connectivity index (χ1n) is 8.77. The van der Waals surface area contributed by atoms with Gasteiger partial charge in [0.2, 0.25) is 0 Å². The summed E-state index contributed by atoms with van der Waals surface area (Å²) in [6.07, 6.45) is 1.00. The maximum Gasteiger partial charge on any atom is 0.306 e. The summed E-state index contributed by atoms with van der Waals surface area (Å²) in [6, 6.07) is 25.6. The van der Waals surface area contributed by atoms with Crippen molar-refractivity contribution in [2.75, 3.05) is 6.26 Å². The average Bonchev–Trinajstić information content (AvgIpc) is 2.69. The van der Waals surface area contributed by atoms with Gasteiger partial charge in [-0.1, -0.05) is 60.7 Å². The molecule has 5 nitrogen and oxygen atoms in total. The van der Waals surface area contributed by atoms with E-state index in [1.165, 1.54) is 0 Å². The topological polar surface area (TPSA) is 63.7 Å². The average molecular weight is 395 g/mol. The standard InChI is InChI=1S/C22H21NO4S/c1-28(25,26)27-21-14-12-19(13-15-21)17-23(16-18-8-4-2-5-9-18)22(24)20-10-6-3-7-11-20/h2-15H,16-17H2,1H3. The molecule has 3 aromatic rings. The lowest BCUT2D eigenvalue weighted by Gasteiger charge is -2.23. The van der Waals surface area contributed by atoms with Crippen LogP contribution in [0.5, 0.6) is 5.75 Å². The molecule has 0 spiro atoms. The summed E-state index contributed by atoms with van der Waals surface area (Å²) < 4.78 is 27.3. The monoisotopic (exact) mass is 395 g/mol. The molecular formula is C22H21NO4S. The van der Waals surface area contributed by atoms with Crippen LogP contribution >= 0.6 is 0 Å². The molecule has 144 valence electrons. The first-order chi connectivity index (χ1) is 13.4. The molecule has 28 heavy (non-hydrogen) atoms. The second kappa shape index (κ2) is 8.71. The van der Waals surface area contributed by atoms with Crippen molar-refractivity contribution in [2.45, 2.75) is 13.1 Å². The van der Waals surface area contributed by atoms with Gasteiger partial charge in [-0.3, -0.25) is 4.79 Å². The number of hydrogen-bond acceptors (Lipinski definition) is 4. The van der Waals surface area contributed by atoms with Crippen LogP contribution in [0.4, 0.5) is 0 Å². The molecule has 0 bridgehead atoms. The quantitative estimate of drug-likeness (QED) is 0.570. The van der Waals surface area contributed by atoms with Gasteiger partial charge in [-0.25, -0.2) is 0 Å². The smallest absolute Gasteiger partial charge is 0.306 e. The fourth-order valence-corrected chi connectivity index (χ4v) is 3.27. The van der Waals surface area contributed by atoms with E-state index < -0.39 is 10.1 Å². The number of hydrogen-bond donors (Lipinski definition) is 0. The van der Waals surface area contributed by atoms with Crippen LogP contribution in [-0.4, -0.2) is 25.5 Å². The number of amides is 1. The molecule has 0 N–H and O–H groups in total. The van der Waals surface area contributed by atoms with Gasteiger partial charge < -0.3 is 9.08 Å². The van der Waals surface area contributed by atoms with Gasteiger partial charge in [0, 0.05) is 18.7 Å². The van der Waals surface area contributed by atoms with Gasteiger partial charge in [0.05, 0.1) is 6.26 Å². The lowest BCUT2D eigenvalue weighted by atomic mass is 10.1. The summed E-state index contributed by atoms with van der Waals surface area (Å²) >= 11 is 0. The van der Waals surface area contributed by atoms with Crippen molar-refractivity contribution in [3.63, 3.8) is 0 Å². The van der Waals surface area contributed by atoms with Gasteiger partial charge >= 0.3 is 10.1 Å². The Hall–Kier alpha value is -3.12. The van der Waals surface area contributed by atoms with E-state index in [1.807, 2.05) is 48.5 Å². The zero-order valence-electron chi connectivity index (χ0n) is 15.5. The second-order valence-electron chi connectivity index (χ2n) is 6.44. The maximum atomic E-state index is 13.0. The Kier molecular flexibility index (Phi) is 6.11. The maximum absolute atomic E-state index is 13.0. The fraction of sp³-hybridized carbons (Fsp3) is 0.136. The molecule has 6 heteroatoms. The molecule has 3 aromatic carbocycles. The zero-order valence-corrected chi connectivity index (χ0v) is 16.3. The third-order valence-electron chi connectivity index (χ3n) is 4.07. The minimum Gasteiger partial charge on any atom is -0.383 e. The Morgan fingerprint density at radius 1 is 0.786 bits per heavy atom. The Bertz CT molecular complexity index is 1020. The molecule has 0 aliphatic heterocycles. The molecule has 0 fully saturated rings.